The fourth-order valence-corrected chi connectivity index (χ4v) is 1.07. The van der Waals surface area contributed by atoms with Crippen molar-refractivity contribution in [2.75, 3.05) is 33.2 Å². The van der Waals surface area contributed by atoms with Crippen molar-refractivity contribution in [3.8, 4) is 0 Å². The minimum absolute atomic E-state index is 0.890. The molecule has 12 heavy (non-hydrogen) atoms. The predicted octanol–water partition coefficient (Wildman–Crippen LogP) is 0.966. The van der Waals surface area contributed by atoms with Crippen LogP contribution in [0.2, 0.25) is 0 Å². The van der Waals surface area contributed by atoms with Gasteiger partial charge < -0.3 is 10.2 Å². The SMILES string of the molecule is CC.CCN=C1CNCCN1C. The van der Waals surface area contributed by atoms with Gasteiger partial charge in [-0.05, 0) is 6.92 Å². The number of nitrogens with one attached hydrogen (secondary N) is 1. The van der Waals surface area contributed by atoms with Crippen molar-refractivity contribution in [3.63, 3.8) is 0 Å². The summed E-state index contributed by atoms with van der Waals surface area (Å²) in [5.74, 6) is 1.19. The highest BCUT2D eigenvalue weighted by atomic mass is 15.2. The summed E-state index contributed by atoms with van der Waals surface area (Å²) in [4.78, 5) is 6.55. The number of hydrogen-bond donors (Lipinski definition) is 1. The first kappa shape index (κ1) is 11.4. The molecule has 1 N–H and O–H groups in total. The minimum atomic E-state index is 0.890. The summed E-state index contributed by atoms with van der Waals surface area (Å²) >= 11 is 0. The molecule has 0 aliphatic carbocycles. The van der Waals surface area contributed by atoms with Crippen molar-refractivity contribution in [1.29, 1.82) is 0 Å². The summed E-state index contributed by atoms with van der Waals surface area (Å²) in [7, 11) is 2.09. The number of likely N-dealkylation sites (N-methyl/N-ethyl adjacent to an activating group) is 1. The van der Waals surface area contributed by atoms with Crippen molar-refractivity contribution in [2.24, 2.45) is 4.99 Å². The van der Waals surface area contributed by atoms with Gasteiger partial charge in [-0.25, -0.2) is 0 Å². The van der Waals surface area contributed by atoms with E-state index in [1.807, 2.05) is 13.8 Å². The molecule has 0 spiro atoms. The van der Waals surface area contributed by atoms with Crippen LogP contribution in [-0.4, -0.2) is 44.0 Å². The minimum Gasteiger partial charge on any atom is -0.361 e. The molecule has 1 saturated heterocycles. The predicted molar refractivity (Wildman–Crippen MR) is 54.8 cm³/mol. The fraction of sp³-hybridized carbons (Fsp3) is 0.889. The lowest BCUT2D eigenvalue weighted by Crippen LogP contribution is -2.46. The molecule has 0 aromatic rings. The molecular formula is C9H21N3. The Morgan fingerprint density at radius 2 is 2.17 bits per heavy atom. The van der Waals surface area contributed by atoms with E-state index in [-0.39, 0.29) is 0 Å². The molecule has 1 heterocycles. The third-order valence-corrected chi connectivity index (χ3v) is 1.69. The standard InChI is InChI=1S/C7H15N3.C2H6/c1-3-9-7-6-8-4-5-10(7)2;1-2/h8H,3-6H2,1-2H3;1-2H3. The highest BCUT2D eigenvalue weighted by molar-refractivity contribution is 5.84. The third-order valence-electron chi connectivity index (χ3n) is 1.69. The van der Waals surface area contributed by atoms with Crippen molar-refractivity contribution >= 4 is 5.84 Å². The van der Waals surface area contributed by atoms with Crippen molar-refractivity contribution in [3.05, 3.63) is 0 Å². The second-order valence-corrected chi connectivity index (χ2v) is 2.49. The van der Waals surface area contributed by atoms with Crippen molar-refractivity contribution in [1.82, 2.24) is 10.2 Å². The number of aliphatic imine (C=N–C) groups is 1. The molecule has 1 rings (SSSR count). The van der Waals surface area contributed by atoms with Crippen LogP contribution in [0.5, 0.6) is 0 Å². The summed E-state index contributed by atoms with van der Waals surface area (Å²) in [6, 6.07) is 0. The van der Waals surface area contributed by atoms with E-state index in [4.69, 9.17) is 0 Å². The molecule has 0 atom stereocenters. The zero-order chi connectivity index (χ0) is 9.40. The van der Waals surface area contributed by atoms with Gasteiger partial charge in [-0.15, -0.1) is 0 Å². The largest absolute Gasteiger partial charge is 0.361 e. The van der Waals surface area contributed by atoms with Crippen LogP contribution >= 0.6 is 0 Å². The van der Waals surface area contributed by atoms with Gasteiger partial charge in [0, 0.05) is 26.7 Å². The Bertz CT molecular complexity index is 132. The molecule has 0 unspecified atom stereocenters. The number of rotatable bonds is 1. The van der Waals surface area contributed by atoms with Crippen LogP contribution in [0, 0.1) is 0 Å². The van der Waals surface area contributed by atoms with E-state index in [1.54, 1.807) is 0 Å². The Hall–Kier alpha value is -0.570. The van der Waals surface area contributed by atoms with Crippen LogP contribution < -0.4 is 5.32 Å². The second-order valence-electron chi connectivity index (χ2n) is 2.49. The highest BCUT2D eigenvalue weighted by Crippen LogP contribution is 1.91. The molecule has 1 aliphatic heterocycles. The van der Waals surface area contributed by atoms with Gasteiger partial charge in [-0.3, -0.25) is 4.99 Å². The van der Waals surface area contributed by atoms with Crippen LogP contribution in [0.4, 0.5) is 0 Å². The highest BCUT2D eigenvalue weighted by Gasteiger charge is 2.09. The molecule has 0 saturated carbocycles. The first-order valence-electron chi connectivity index (χ1n) is 4.79. The fourth-order valence-electron chi connectivity index (χ4n) is 1.07. The Morgan fingerprint density at radius 1 is 1.50 bits per heavy atom. The summed E-state index contributed by atoms with van der Waals surface area (Å²) < 4.78 is 0. The van der Waals surface area contributed by atoms with Crippen LogP contribution in [0.3, 0.4) is 0 Å². The van der Waals surface area contributed by atoms with Gasteiger partial charge in [0.2, 0.25) is 0 Å². The first-order chi connectivity index (χ1) is 5.84. The smallest absolute Gasteiger partial charge is 0.113 e. The third kappa shape index (κ3) is 3.72. The Labute approximate surface area is 75.9 Å². The summed E-state index contributed by atoms with van der Waals surface area (Å²) in [6.07, 6.45) is 0. The normalized spacial score (nSPS) is 20.3. The molecule has 3 heteroatoms. The lowest BCUT2D eigenvalue weighted by Gasteiger charge is -2.26. The Kier molecular flexibility index (Phi) is 6.76. The number of amidine groups is 1. The van der Waals surface area contributed by atoms with Gasteiger partial charge in [0.05, 0.1) is 6.54 Å². The van der Waals surface area contributed by atoms with Crippen LogP contribution in [0.15, 0.2) is 4.99 Å². The van der Waals surface area contributed by atoms with Gasteiger partial charge in [-0.1, -0.05) is 13.8 Å². The molecule has 0 amide bonds. The molecule has 3 nitrogen and oxygen atoms in total. The summed E-state index contributed by atoms with van der Waals surface area (Å²) in [5, 5.41) is 3.28. The molecule has 1 fully saturated rings. The molecule has 0 radical (unpaired) electrons. The average molecular weight is 171 g/mol. The van der Waals surface area contributed by atoms with Crippen LogP contribution in [-0.2, 0) is 0 Å². The van der Waals surface area contributed by atoms with Crippen LogP contribution in [0.1, 0.15) is 20.8 Å². The van der Waals surface area contributed by atoms with Gasteiger partial charge in [-0.2, -0.15) is 0 Å². The first-order valence-corrected chi connectivity index (χ1v) is 4.79. The van der Waals surface area contributed by atoms with E-state index in [2.05, 4.69) is 29.2 Å². The van der Waals surface area contributed by atoms with Crippen molar-refractivity contribution in [2.45, 2.75) is 20.8 Å². The summed E-state index contributed by atoms with van der Waals surface area (Å²) in [5.41, 5.74) is 0. The number of nitrogens with zero attached hydrogens (tertiary/aromatic N) is 2. The van der Waals surface area contributed by atoms with Gasteiger partial charge in [0.1, 0.15) is 5.84 Å². The maximum absolute atomic E-state index is 4.34. The molecule has 0 bridgehead atoms. The topological polar surface area (TPSA) is 27.6 Å². The molecule has 0 aromatic heterocycles. The quantitative estimate of drug-likeness (QED) is 0.636. The lowest BCUT2D eigenvalue weighted by atomic mass is 10.4. The van der Waals surface area contributed by atoms with E-state index in [0.717, 1.165) is 26.2 Å². The summed E-state index contributed by atoms with van der Waals surface area (Å²) in [6.45, 7) is 10.1. The number of hydrogen-bond acceptors (Lipinski definition) is 2. The van der Waals surface area contributed by atoms with E-state index < -0.39 is 0 Å². The van der Waals surface area contributed by atoms with E-state index in [1.165, 1.54) is 5.84 Å². The van der Waals surface area contributed by atoms with Gasteiger partial charge >= 0.3 is 0 Å². The number of piperazine rings is 1. The molecule has 0 aromatic carbocycles. The Morgan fingerprint density at radius 3 is 2.67 bits per heavy atom. The van der Waals surface area contributed by atoms with Gasteiger partial charge in [0.15, 0.2) is 0 Å². The zero-order valence-corrected chi connectivity index (χ0v) is 8.72. The lowest BCUT2D eigenvalue weighted by molar-refractivity contribution is 0.444. The molecule has 1 aliphatic rings. The van der Waals surface area contributed by atoms with Crippen molar-refractivity contribution < 1.29 is 0 Å². The maximum Gasteiger partial charge on any atom is 0.113 e. The van der Waals surface area contributed by atoms with E-state index in [9.17, 15) is 0 Å². The van der Waals surface area contributed by atoms with Gasteiger partial charge in [0.25, 0.3) is 0 Å². The van der Waals surface area contributed by atoms with Crippen LogP contribution in [0.25, 0.3) is 0 Å². The average Bonchev–Trinajstić information content (AvgIpc) is 2.13. The molecular weight excluding hydrogens is 150 g/mol. The zero-order valence-electron chi connectivity index (χ0n) is 8.72. The van der Waals surface area contributed by atoms with E-state index >= 15 is 0 Å². The molecule has 72 valence electrons. The monoisotopic (exact) mass is 171 g/mol. The van der Waals surface area contributed by atoms with E-state index in [0.29, 0.717) is 0 Å². The maximum atomic E-state index is 4.34. The Balaban J connectivity index is 0.000000561. The second kappa shape index (κ2) is 7.10.